The molecule has 1 heterocycles. The highest BCUT2D eigenvalue weighted by Crippen LogP contribution is 2.22. The topological polar surface area (TPSA) is 69.6 Å². The molecule has 0 saturated carbocycles. The van der Waals surface area contributed by atoms with Gasteiger partial charge in [-0.3, -0.25) is 9.59 Å². The van der Waals surface area contributed by atoms with E-state index >= 15 is 0 Å². The summed E-state index contributed by atoms with van der Waals surface area (Å²) >= 11 is 4.92. The molecule has 5 nitrogen and oxygen atoms in total. The van der Waals surface area contributed by atoms with Crippen LogP contribution >= 0.6 is 27.7 Å². The fourth-order valence-corrected chi connectivity index (χ4v) is 3.02. The first-order valence-electron chi connectivity index (χ1n) is 7.37. The first kappa shape index (κ1) is 19.5. The van der Waals surface area contributed by atoms with E-state index in [1.807, 2.05) is 27.0 Å². The molecule has 126 valence electrons. The maximum absolute atomic E-state index is 12.3. The Bertz CT molecular complexity index is 452. The molecule has 2 amide bonds. The van der Waals surface area contributed by atoms with Crippen LogP contribution in [0.1, 0.15) is 27.2 Å². The summed E-state index contributed by atoms with van der Waals surface area (Å²) in [6.07, 6.45) is 1.41. The van der Waals surface area contributed by atoms with Crippen molar-refractivity contribution in [1.82, 2.24) is 10.2 Å². The summed E-state index contributed by atoms with van der Waals surface area (Å²) in [5.74, 6) is 0.513. The molecule has 1 saturated heterocycles. The van der Waals surface area contributed by atoms with Gasteiger partial charge in [0.05, 0.1) is 10.5 Å². The number of carbonyl (C=O) groups is 2. The van der Waals surface area contributed by atoms with Crippen molar-refractivity contribution in [3.05, 3.63) is 10.1 Å². The Morgan fingerprint density at radius 3 is 2.59 bits per heavy atom. The number of halogens is 1. The summed E-state index contributed by atoms with van der Waals surface area (Å²) in [6.45, 7) is 6.84. The Hall–Kier alpha value is -0.530. The smallest absolute Gasteiger partial charge is 0.260 e. The van der Waals surface area contributed by atoms with E-state index in [0.29, 0.717) is 24.0 Å². The average Bonchev–Trinajstić information content (AvgIpc) is 2.83. The standard InChI is InChI=1S/C15H25BrN2O3S/c1-9(2)13(16)15(21)18-7-10(3)11(8-18)17-14(20)12(19)5-6-22-4/h10-12,19H,5-8H2,1-4H3,(H,17,20)/t10-,11+,12?/m0/s1. The summed E-state index contributed by atoms with van der Waals surface area (Å²) in [5, 5.41) is 12.7. The first-order valence-corrected chi connectivity index (χ1v) is 9.56. The van der Waals surface area contributed by atoms with E-state index in [-0.39, 0.29) is 23.8 Å². The minimum atomic E-state index is -0.978. The summed E-state index contributed by atoms with van der Waals surface area (Å²) in [6, 6.07) is -0.113. The quantitative estimate of drug-likeness (QED) is 0.675. The van der Waals surface area contributed by atoms with Gasteiger partial charge in [0.1, 0.15) is 6.10 Å². The van der Waals surface area contributed by atoms with Gasteiger partial charge in [-0.1, -0.05) is 12.5 Å². The number of amides is 2. The number of nitrogens with zero attached hydrogens (tertiary/aromatic N) is 1. The van der Waals surface area contributed by atoms with Crippen molar-refractivity contribution in [3.63, 3.8) is 0 Å². The monoisotopic (exact) mass is 392 g/mol. The van der Waals surface area contributed by atoms with Crippen LogP contribution in [-0.4, -0.2) is 59.1 Å². The number of carbonyl (C=O) groups excluding carboxylic acids is 2. The largest absolute Gasteiger partial charge is 0.383 e. The van der Waals surface area contributed by atoms with E-state index < -0.39 is 6.10 Å². The fourth-order valence-electron chi connectivity index (χ4n) is 2.31. The van der Waals surface area contributed by atoms with Crippen molar-refractivity contribution in [3.8, 4) is 0 Å². The van der Waals surface area contributed by atoms with Crippen LogP contribution < -0.4 is 5.32 Å². The highest BCUT2D eigenvalue weighted by atomic mass is 79.9. The summed E-state index contributed by atoms with van der Waals surface area (Å²) in [4.78, 5) is 26.0. The zero-order valence-electron chi connectivity index (χ0n) is 13.6. The number of allylic oxidation sites excluding steroid dienone is 1. The van der Waals surface area contributed by atoms with Crippen molar-refractivity contribution in [2.45, 2.75) is 39.3 Å². The van der Waals surface area contributed by atoms with Crippen molar-refractivity contribution in [1.29, 1.82) is 0 Å². The van der Waals surface area contributed by atoms with Crippen LogP contribution in [0.5, 0.6) is 0 Å². The van der Waals surface area contributed by atoms with Crippen LogP contribution in [0.4, 0.5) is 0 Å². The molecule has 1 fully saturated rings. The van der Waals surface area contributed by atoms with Gasteiger partial charge in [-0.05, 0) is 54.1 Å². The molecule has 2 N–H and O–H groups in total. The number of aliphatic hydroxyl groups excluding tert-OH is 1. The second kappa shape index (κ2) is 8.93. The Balaban J connectivity index is 2.59. The van der Waals surface area contributed by atoms with Gasteiger partial charge in [0.15, 0.2) is 0 Å². The van der Waals surface area contributed by atoms with Gasteiger partial charge in [0, 0.05) is 13.1 Å². The van der Waals surface area contributed by atoms with Gasteiger partial charge >= 0.3 is 0 Å². The fraction of sp³-hybridized carbons (Fsp3) is 0.733. The number of hydrogen-bond acceptors (Lipinski definition) is 4. The van der Waals surface area contributed by atoms with Crippen LogP contribution in [0.3, 0.4) is 0 Å². The minimum Gasteiger partial charge on any atom is -0.383 e. The molecule has 0 radical (unpaired) electrons. The van der Waals surface area contributed by atoms with Crippen LogP contribution in [0, 0.1) is 5.92 Å². The lowest BCUT2D eigenvalue weighted by molar-refractivity contribution is -0.130. The molecule has 0 aromatic heterocycles. The molecular weight excluding hydrogens is 368 g/mol. The second-order valence-electron chi connectivity index (χ2n) is 5.91. The van der Waals surface area contributed by atoms with Crippen molar-refractivity contribution in [2.75, 3.05) is 25.1 Å². The Kier molecular flexibility index (Phi) is 7.93. The van der Waals surface area contributed by atoms with Gasteiger partial charge in [-0.25, -0.2) is 0 Å². The minimum absolute atomic E-state index is 0.0495. The predicted molar refractivity (Wildman–Crippen MR) is 94.0 cm³/mol. The number of aliphatic hydroxyl groups is 1. The van der Waals surface area contributed by atoms with Crippen LogP contribution in [0.25, 0.3) is 0 Å². The third kappa shape index (κ3) is 5.28. The summed E-state index contributed by atoms with van der Waals surface area (Å²) in [7, 11) is 0. The lowest BCUT2D eigenvalue weighted by atomic mass is 10.1. The van der Waals surface area contributed by atoms with Crippen LogP contribution in [0.2, 0.25) is 0 Å². The Morgan fingerprint density at radius 2 is 2.05 bits per heavy atom. The Morgan fingerprint density at radius 1 is 1.41 bits per heavy atom. The van der Waals surface area contributed by atoms with Crippen LogP contribution in [-0.2, 0) is 9.59 Å². The zero-order chi connectivity index (χ0) is 16.9. The highest BCUT2D eigenvalue weighted by molar-refractivity contribution is 9.12. The lowest BCUT2D eigenvalue weighted by Gasteiger charge is -2.19. The number of hydrogen-bond donors (Lipinski definition) is 2. The molecule has 7 heteroatoms. The third-order valence-electron chi connectivity index (χ3n) is 3.75. The summed E-state index contributed by atoms with van der Waals surface area (Å²) < 4.78 is 0.576. The molecule has 3 atom stereocenters. The number of rotatable bonds is 6. The van der Waals surface area contributed by atoms with E-state index in [0.717, 1.165) is 11.3 Å². The van der Waals surface area contributed by atoms with E-state index in [9.17, 15) is 14.7 Å². The maximum atomic E-state index is 12.3. The SMILES string of the molecule is CSCCC(O)C(=O)N[C@@H]1CN(C(=O)C(Br)=C(C)C)C[C@@H]1C. The van der Waals surface area contributed by atoms with Gasteiger partial charge in [0.2, 0.25) is 5.91 Å². The van der Waals surface area contributed by atoms with Gasteiger partial charge < -0.3 is 15.3 Å². The molecule has 22 heavy (non-hydrogen) atoms. The van der Waals surface area contributed by atoms with E-state index in [4.69, 9.17) is 0 Å². The maximum Gasteiger partial charge on any atom is 0.260 e. The van der Waals surface area contributed by atoms with Gasteiger partial charge in [0.25, 0.3) is 5.91 Å². The molecule has 0 spiro atoms. The zero-order valence-corrected chi connectivity index (χ0v) is 16.0. The molecule has 0 bridgehead atoms. The molecule has 0 aromatic rings. The molecule has 1 aliphatic heterocycles. The van der Waals surface area contributed by atoms with Gasteiger partial charge in [-0.2, -0.15) is 11.8 Å². The number of nitrogens with one attached hydrogen (secondary N) is 1. The van der Waals surface area contributed by atoms with E-state index in [2.05, 4.69) is 21.2 Å². The first-order chi connectivity index (χ1) is 10.3. The molecule has 0 aliphatic carbocycles. The predicted octanol–water partition coefficient (Wildman–Crippen LogP) is 1.75. The third-order valence-corrected chi connectivity index (χ3v) is 5.53. The number of likely N-dealkylation sites (tertiary alicyclic amines) is 1. The highest BCUT2D eigenvalue weighted by Gasteiger charge is 2.35. The molecule has 0 aromatic carbocycles. The van der Waals surface area contributed by atoms with Crippen molar-refractivity contribution < 1.29 is 14.7 Å². The van der Waals surface area contributed by atoms with Crippen LogP contribution in [0.15, 0.2) is 10.1 Å². The number of thioether (sulfide) groups is 1. The molecule has 1 unspecified atom stereocenters. The molecule has 1 rings (SSSR count). The average molecular weight is 393 g/mol. The van der Waals surface area contributed by atoms with E-state index in [1.165, 1.54) is 0 Å². The van der Waals surface area contributed by atoms with Crippen molar-refractivity contribution in [2.24, 2.45) is 5.92 Å². The molecule has 1 aliphatic rings. The lowest BCUT2D eigenvalue weighted by Crippen LogP contribution is -2.45. The normalized spacial score (nSPS) is 22.4. The summed E-state index contributed by atoms with van der Waals surface area (Å²) in [5.41, 5.74) is 0.928. The Labute approximate surface area is 145 Å². The van der Waals surface area contributed by atoms with E-state index in [1.54, 1.807) is 16.7 Å². The van der Waals surface area contributed by atoms with Gasteiger partial charge in [-0.15, -0.1) is 0 Å². The second-order valence-corrected chi connectivity index (χ2v) is 7.69. The molecular formula is C15H25BrN2O3S. The van der Waals surface area contributed by atoms with Crippen molar-refractivity contribution >= 4 is 39.5 Å².